The zero-order valence-corrected chi connectivity index (χ0v) is 13.4. The van der Waals surface area contributed by atoms with E-state index in [0.717, 1.165) is 12.0 Å². The van der Waals surface area contributed by atoms with Gasteiger partial charge in [-0.3, -0.25) is 9.78 Å². The maximum atomic E-state index is 12.5. The van der Waals surface area contributed by atoms with Crippen molar-refractivity contribution in [2.45, 2.75) is 12.8 Å². The molecule has 8 heteroatoms. The van der Waals surface area contributed by atoms with E-state index in [9.17, 15) is 14.4 Å². The van der Waals surface area contributed by atoms with Crippen LogP contribution in [0.2, 0.25) is 0 Å². The van der Waals surface area contributed by atoms with Crippen LogP contribution in [0.5, 0.6) is 0 Å². The van der Waals surface area contributed by atoms with Gasteiger partial charge in [0.1, 0.15) is 0 Å². The highest BCUT2D eigenvalue weighted by atomic mass is 16.5. The Labute approximate surface area is 138 Å². The molecule has 1 aliphatic rings. The normalized spacial score (nSPS) is 15.4. The number of nitrogens with one attached hydrogen (secondary N) is 1. The molecule has 1 fully saturated rings. The van der Waals surface area contributed by atoms with Crippen LogP contribution >= 0.6 is 0 Å². The van der Waals surface area contributed by atoms with Gasteiger partial charge in [-0.2, -0.15) is 0 Å². The lowest BCUT2D eigenvalue weighted by molar-refractivity contribution is -0.130. The van der Waals surface area contributed by atoms with Gasteiger partial charge in [0.15, 0.2) is 5.58 Å². The summed E-state index contributed by atoms with van der Waals surface area (Å²) in [5.41, 5.74) is 1.86. The third kappa shape index (κ3) is 3.42. The van der Waals surface area contributed by atoms with Gasteiger partial charge in [-0.05, 0) is 24.1 Å². The van der Waals surface area contributed by atoms with E-state index in [2.05, 4.69) is 4.98 Å². The van der Waals surface area contributed by atoms with E-state index in [1.807, 2.05) is 0 Å². The number of aromatic amines is 1. The molecule has 3 rings (SSSR count). The second kappa shape index (κ2) is 6.77. The van der Waals surface area contributed by atoms with Crippen molar-refractivity contribution in [2.24, 2.45) is 0 Å². The fraction of sp³-hybridized carbons (Fsp3) is 0.438. The zero-order chi connectivity index (χ0) is 17.1. The molecule has 1 aromatic heterocycles. The van der Waals surface area contributed by atoms with Crippen molar-refractivity contribution >= 4 is 23.1 Å². The monoisotopic (exact) mass is 333 g/mol. The summed E-state index contributed by atoms with van der Waals surface area (Å²) < 4.78 is 9.67. The lowest BCUT2D eigenvalue weighted by Gasteiger charge is -2.21. The summed E-state index contributed by atoms with van der Waals surface area (Å²) in [6.45, 7) is 2.14. The molecule has 0 radical (unpaired) electrons. The molecule has 0 bridgehead atoms. The van der Waals surface area contributed by atoms with Gasteiger partial charge < -0.3 is 19.0 Å². The summed E-state index contributed by atoms with van der Waals surface area (Å²) in [6.07, 6.45) is 0.592. The number of rotatable bonds is 2. The number of carbonyl (C=O) groups is 2. The zero-order valence-electron chi connectivity index (χ0n) is 13.4. The molecule has 1 N–H and O–H groups in total. The molecule has 8 nitrogen and oxygen atoms in total. The molecule has 0 aliphatic carbocycles. The minimum atomic E-state index is -0.510. The molecule has 0 atom stereocenters. The largest absolute Gasteiger partial charge is 0.453 e. The van der Waals surface area contributed by atoms with Gasteiger partial charge in [0.05, 0.1) is 19.0 Å². The molecule has 2 aromatic rings. The van der Waals surface area contributed by atoms with Crippen LogP contribution in [0.25, 0.3) is 11.1 Å². The van der Waals surface area contributed by atoms with E-state index in [-0.39, 0.29) is 18.4 Å². The topological polar surface area (TPSA) is 95.8 Å². The first-order valence-electron chi connectivity index (χ1n) is 7.79. The number of hydrogen-bond acceptors (Lipinski definition) is 5. The molecule has 1 aromatic carbocycles. The average molecular weight is 333 g/mol. The Bertz CT molecular complexity index is 809. The van der Waals surface area contributed by atoms with Crippen molar-refractivity contribution in [1.29, 1.82) is 0 Å². The first kappa shape index (κ1) is 16.1. The second-order valence-corrected chi connectivity index (χ2v) is 5.71. The van der Waals surface area contributed by atoms with E-state index in [1.165, 1.54) is 7.11 Å². The third-order valence-electron chi connectivity index (χ3n) is 4.12. The SMILES string of the molecule is COC(=O)N1CCCN(C(=O)Cc2ccc3oc(=O)[nH]c3c2)CC1. The molecule has 1 saturated heterocycles. The maximum Gasteiger partial charge on any atom is 0.417 e. The Morgan fingerprint density at radius 1 is 1.21 bits per heavy atom. The van der Waals surface area contributed by atoms with Gasteiger partial charge in [-0.15, -0.1) is 0 Å². The number of aromatic nitrogens is 1. The Kier molecular flexibility index (Phi) is 4.54. The van der Waals surface area contributed by atoms with Crippen molar-refractivity contribution < 1.29 is 18.7 Å². The van der Waals surface area contributed by atoms with Crippen LogP contribution in [0.15, 0.2) is 27.4 Å². The number of fused-ring (bicyclic) bond motifs is 1. The van der Waals surface area contributed by atoms with E-state index in [1.54, 1.807) is 28.0 Å². The predicted molar refractivity (Wildman–Crippen MR) is 85.7 cm³/mol. The van der Waals surface area contributed by atoms with Crippen LogP contribution in [0, 0.1) is 0 Å². The molecule has 1 aliphatic heterocycles. The molecule has 0 saturated carbocycles. The first-order chi connectivity index (χ1) is 11.6. The highest BCUT2D eigenvalue weighted by Crippen LogP contribution is 2.14. The van der Waals surface area contributed by atoms with E-state index < -0.39 is 5.76 Å². The number of carbonyl (C=O) groups excluding carboxylic acids is 2. The smallest absolute Gasteiger partial charge is 0.417 e. The average Bonchev–Trinajstić information content (AvgIpc) is 2.78. The van der Waals surface area contributed by atoms with Gasteiger partial charge in [0, 0.05) is 26.2 Å². The Balaban J connectivity index is 1.65. The molecule has 0 spiro atoms. The molecular weight excluding hydrogens is 314 g/mol. The number of hydrogen-bond donors (Lipinski definition) is 1. The van der Waals surface area contributed by atoms with E-state index in [4.69, 9.17) is 9.15 Å². The lowest BCUT2D eigenvalue weighted by Crippen LogP contribution is -2.37. The second-order valence-electron chi connectivity index (χ2n) is 5.71. The van der Waals surface area contributed by atoms with Gasteiger partial charge >= 0.3 is 11.8 Å². The molecule has 2 heterocycles. The van der Waals surface area contributed by atoms with Crippen LogP contribution in [-0.2, 0) is 16.0 Å². The fourth-order valence-electron chi connectivity index (χ4n) is 2.87. The fourth-order valence-corrected chi connectivity index (χ4v) is 2.87. The number of oxazole rings is 1. The van der Waals surface area contributed by atoms with Crippen LogP contribution < -0.4 is 5.76 Å². The Morgan fingerprint density at radius 3 is 2.75 bits per heavy atom. The van der Waals surface area contributed by atoms with Crippen LogP contribution in [0.3, 0.4) is 0 Å². The number of ether oxygens (including phenoxy) is 1. The highest BCUT2D eigenvalue weighted by molar-refractivity contribution is 5.81. The molecule has 24 heavy (non-hydrogen) atoms. The lowest BCUT2D eigenvalue weighted by atomic mass is 10.1. The number of benzene rings is 1. The summed E-state index contributed by atoms with van der Waals surface area (Å²) in [4.78, 5) is 41.2. The molecular formula is C16H19N3O5. The summed E-state index contributed by atoms with van der Waals surface area (Å²) in [6, 6.07) is 5.20. The minimum absolute atomic E-state index is 0.00749. The van der Waals surface area contributed by atoms with Crippen molar-refractivity contribution in [2.75, 3.05) is 33.3 Å². The number of amides is 2. The summed E-state index contributed by atoms with van der Waals surface area (Å²) in [5.74, 6) is -0.518. The summed E-state index contributed by atoms with van der Waals surface area (Å²) in [7, 11) is 1.35. The van der Waals surface area contributed by atoms with Gasteiger partial charge in [-0.25, -0.2) is 9.59 Å². The maximum absolute atomic E-state index is 12.5. The van der Waals surface area contributed by atoms with E-state index in [0.29, 0.717) is 37.3 Å². The van der Waals surface area contributed by atoms with Crippen LogP contribution in [-0.4, -0.2) is 60.1 Å². The quantitative estimate of drug-likeness (QED) is 0.883. The van der Waals surface area contributed by atoms with Gasteiger partial charge in [-0.1, -0.05) is 6.07 Å². The molecule has 0 unspecified atom stereocenters. The molecule has 128 valence electrons. The Hall–Kier alpha value is -2.77. The highest BCUT2D eigenvalue weighted by Gasteiger charge is 2.22. The molecule has 2 amide bonds. The van der Waals surface area contributed by atoms with Crippen molar-refractivity contribution in [3.8, 4) is 0 Å². The van der Waals surface area contributed by atoms with Crippen LogP contribution in [0.4, 0.5) is 4.79 Å². The minimum Gasteiger partial charge on any atom is -0.453 e. The standard InChI is InChI=1S/C16H19N3O5/c1-23-16(22)19-6-2-5-18(7-8-19)14(20)10-11-3-4-13-12(9-11)17-15(21)24-13/h3-4,9H,2,5-8,10H2,1H3,(H,17,21). The van der Waals surface area contributed by atoms with Crippen molar-refractivity contribution in [3.05, 3.63) is 34.3 Å². The third-order valence-corrected chi connectivity index (χ3v) is 4.12. The predicted octanol–water partition coefficient (Wildman–Crippen LogP) is 0.964. The van der Waals surface area contributed by atoms with Crippen molar-refractivity contribution in [1.82, 2.24) is 14.8 Å². The number of H-pyrrole nitrogens is 1. The number of nitrogens with zero attached hydrogens (tertiary/aromatic N) is 2. The van der Waals surface area contributed by atoms with Gasteiger partial charge in [0.25, 0.3) is 0 Å². The van der Waals surface area contributed by atoms with Crippen LogP contribution in [0.1, 0.15) is 12.0 Å². The van der Waals surface area contributed by atoms with E-state index >= 15 is 0 Å². The first-order valence-corrected chi connectivity index (χ1v) is 7.79. The number of methoxy groups -OCH3 is 1. The van der Waals surface area contributed by atoms with Gasteiger partial charge in [0.2, 0.25) is 5.91 Å². The Morgan fingerprint density at radius 2 is 1.96 bits per heavy atom. The van der Waals surface area contributed by atoms with Crippen molar-refractivity contribution in [3.63, 3.8) is 0 Å². The summed E-state index contributed by atoms with van der Waals surface area (Å²) >= 11 is 0. The summed E-state index contributed by atoms with van der Waals surface area (Å²) in [5, 5.41) is 0.